The highest BCUT2D eigenvalue weighted by molar-refractivity contribution is 5.80. The number of rotatable bonds is 59. The van der Waals surface area contributed by atoms with Crippen LogP contribution < -0.4 is 5.32 Å². The quantitative estimate of drug-likeness (QED) is 0.0195. The maximum Gasteiger partial charge on any atom is 0.306 e. The first-order valence-corrected chi connectivity index (χ1v) is 35.5. The lowest BCUT2D eigenvalue weighted by Crippen LogP contribution is -2.61. The lowest BCUT2D eigenvalue weighted by Gasteiger charge is -2.41. The Kier molecular flexibility index (Phi) is 58.5. The number of amides is 1. The molecule has 88 heavy (non-hydrogen) atoms. The summed E-state index contributed by atoms with van der Waals surface area (Å²) in [6, 6.07) is -1.05. The standard InChI is InChI=1S/C77H129NO10/c1-4-7-10-13-16-19-22-25-27-29-31-33-34-35-36-37-38-39-41-43-45-47-50-53-56-59-62-65-72(82)88-75-74(84)73(83)71(66-79)87-77(75)86-67-68(69(80)63-60-57-54-51-48-24-21-18-15-12-9-6-3)78-76(85)70(81)64-61-58-55-52-49-46-44-42-40-32-30-28-26-23-20-17-14-11-8-5-2/h7,10,16-17,19-20,25-28,31-33,35-36,38-40,44,46,60,63,68-71,73-75,77,79-81,83-84H,4-6,8-9,11-15,18,21-24,29-30,34,37,41-43,45,47-59,61-62,64-67H2,1-3H3,(H,78,85)/b10-7-,19-16-,20-17-,27-25-,28-26-,33-31-,36-35-,39-38-,40-32-,46-44-,63-60+. The van der Waals surface area contributed by atoms with E-state index in [4.69, 9.17) is 14.2 Å². The summed E-state index contributed by atoms with van der Waals surface area (Å²) in [6.07, 6.45) is 79.1. The van der Waals surface area contributed by atoms with Gasteiger partial charge in [0.15, 0.2) is 12.4 Å². The average molecular weight is 1230 g/mol. The number of aliphatic hydroxyl groups excluding tert-OH is 5. The van der Waals surface area contributed by atoms with Crippen molar-refractivity contribution in [1.82, 2.24) is 5.32 Å². The first-order valence-electron chi connectivity index (χ1n) is 35.5. The largest absolute Gasteiger partial charge is 0.454 e. The number of unbranched alkanes of at least 4 members (excludes halogenated alkanes) is 25. The second-order valence-corrected chi connectivity index (χ2v) is 23.9. The summed E-state index contributed by atoms with van der Waals surface area (Å²) in [4.78, 5) is 26.7. The molecule has 1 aliphatic heterocycles. The fraction of sp³-hybridized carbons (Fsp3) is 0.688. The molecule has 0 aromatic carbocycles. The molecular formula is C77H129NO10. The Morgan fingerprint density at radius 3 is 1.25 bits per heavy atom. The van der Waals surface area contributed by atoms with Crippen molar-refractivity contribution in [1.29, 1.82) is 0 Å². The van der Waals surface area contributed by atoms with E-state index in [0.29, 0.717) is 12.8 Å². The van der Waals surface area contributed by atoms with Crippen LogP contribution >= 0.6 is 0 Å². The van der Waals surface area contributed by atoms with E-state index < -0.39 is 67.4 Å². The van der Waals surface area contributed by atoms with Gasteiger partial charge in [0.1, 0.15) is 24.4 Å². The Bertz CT molecular complexity index is 1950. The van der Waals surface area contributed by atoms with Crippen LogP contribution in [-0.2, 0) is 23.8 Å². The Morgan fingerprint density at radius 2 is 0.818 bits per heavy atom. The molecule has 6 N–H and O–H groups in total. The van der Waals surface area contributed by atoms with Gasteiger partial charge in [0.25, 0.3) is 0 Å². The zero-order chi connectivity index (χ0) is 63.9. The van der Waals surface area contributed by atoms with E-state index in [1.54, 1.807) is 6.08 Å². The molecule has 1 aliphatic rings. The van der Waals surface area contributed by atoms with Gasteiger partial charge >= 0.3 is 5.97 Å². The predicted molar refractivity (Wildman–Crippen MR) is 370 cm³/mol. The number of carbonyl (C=O) groups excluding carboxylic acids is 2. The smallest absolute Gasteiger partial charge is 0.306 e. The molecule has 502 valence electrons. The van der Waals surface area contributed by atoms with E-state index >= 15 is 0 Å². The molecule has 0 aromatic heterocycles. The van der Waals surface area contributed by atoms with E-state index in [1.807, 2.05) is 6.08 Å². The molecule has 0 aromatic rings. The number of carbonyl (C=O) groups is 2. The topological polar surface area (TPSA) is 175 Å². The maximum atomic E-state index is 13.5. The molecule has 1 fully saturated rings. The molecule has 1 heterocycles. The highest BCUT2D eigenvalue weighted by Crippen LogP contribution is 2.26. The third-order valence-electron chi connectivity index (χ3n) is 15.8. The van der Waals surface area contributed by atoms with Gasteiger partial charge < -0.3 is 45.1 Å². The number of esters is 1. The fourth-order valence-electron chi connectivity index (χ4n) is 10.2. The lowest BCUT2D eigenvalue weighted by atomic mass is 9.99. The minimum absolute atomic E-state index is 0.103. The molecule has 11 heteroatoms. The molecule has 1 rings (SSSR count). The van der Waals surface area contributed by atoms with Crippen LogP contribution in [-0.4, -0.2) is 99.6 Å². The second-order valence-electron chi connectivity index (χ2n) is 23.9. The summed E-state index contributed by atoms with van der Waals surface area (Å²) in [5.74, 6) is -1.23. The number of allylic oxidation sites excluding steroid dienone is 21. The normalized spacial score (nSPS) is 19.0. The van der Waals surface area contributed by atoms with E-state index in [0.717, 1.165) is 141 Å². The molecule has 0 aliphatic carbocycles. The van der Waals surface area contributed by atoms with Crippen molar-refractivity contribution in [2.45, 2.75) is 327 Å². The van der Waals surface area contributed by atoms with E-state index in [1.165, 1.54) is 89.9 Å². The Morgan fingerprint density at radius 1 is 0.455 bits per heavy atom. The molecular weight excluding hydrogens is 1100 g/mol. The molecule has 8 unspecified atom stereocenters. The molecule has 8 atom stereocenters. The summed E-state index contributed by atoms with van der Waals surface area (Å²) in [7, 11) is 0. The first kappa shape index (κ1) is 81.8. The summed E-state index contributed by atoms with van der Waals surface area (Å²) in [5.41, 5.74) is 0. The summed E-state index contributed by atoms with van der Waals surface area (Å²) in [6.45, 7) is 5.64. The summed E-state index contributed by atoms with van der Waals surface area (Å²) < 4.78 is 17.7. The number of nitrogens with one attached hydrogen (secondary N) is 1. The molecule has 0 saturated carbocycles. The van der Waals surface area contributed by atoms with Crippen molar-refractivity contribution in [3.63, 3.8) is 0 Å². The third-order valence-corrected chi connectivity index (χ3v) is 15.8. The number of hydrogen-bond donors (Lipinski definition) is 6. The van der Waals surface area contributed by atoms with Gasteiger partial charge in [0.05, 0.1) is 25.4 Å². The Balaban J connectivity index is 2.60. The number of aliphatic hydroxyl groups is 5. The molecule has 11 nitrogen and oxygen atoms in total. The zero-order valence-corrected chi connectivity index (χ0v) is 55.8. The van der Waals surface area contributed by atoms with Crippen molar-refractivity contribution in [2.24, 2.45) is 0 Å². The Labute approximate surface area is 537 Å². The monoisotopic (exact) mass is 1230 g/mol. The maximum absolute atomic E-state index is 13.5. The minimum atomic E-state index is -1.63. The Hall–Kier alpha value is -4.20. The predicted octanol–water partition coefficient (Wildman–Crippen LogP) is 18.3. The highest BCUT2D eigenvalue weighted by Gasteiger charge is 2.47. The SMILES string of the molecule is CC/C=C\C/C=C\C/C=C\C/C=C\C/C=C\C/C=C\CCCCCCCCCCC(=O)OC1C(OCC(NC(=O)C(O)CCCCCC/C=C\C/C=C\C/C=C\C/C=C\CCCCC)C(O)/C=C/CCCCCCCCCCCC)OC(CO)C(O)C1O. The fourth-order valence-corrected chi connectivity index (χ4v) is 10.2. The third kappa shape index (κ3) is 49.6. The van der Waals surface area contributed by atoms with Crippen molar-refractivity contribution < 1.29 is 49.3 Å². The van der Waals surface area contributed by atoms with Gasteiger partial charge in [-0.15, -0.1) is 0 Å². The summed E-state index contributed by atoms with van der Waals surface area (Å²) >= 11 is 0. The van der Waals surface area contributed by atoms with Crippen LogP contribution in [0.15, 0.2) is 134 Å². The molecule has 0 spiro atoms. The van der Waals surface area contributed by atoms with E-state index in [2.05, 4.69) is 148 Å². The van der Waals surface area contributed by atoms with Crippen LogP contribution in [0.5, 0.6) is 0 Å². The van der Waals surface area contributed by atoms with E-state index in [9.17, 15) is 35.1 Å². The number of hydrogen-bond acceptors (Lipinski definition) is 10. The van der Waals surface area contributed by atoms with Crippen molar-refractivity contribution in [3.8, 4) is 0 Å². The average Bonchev–Trinajstić information content (AvgIpc) is 1.29. The summed E-state index contributed by atoms with van der Waals surface area (Å²) in [5, 5.41) is 57.2. The second kappa shape index (κ2) is 63.0. The molecule has 1 saturated heterocycles. The molecule has 1 amide bonds. The number of ether oxygens (including phenoxy) is 3. The van der Waals surface area contributed by atoms with Gasteiger partial charge in [-0.2, -0.15) is 0 Å². The van der Waals surface area contributed by atoms with Gasteiger partial charge in [-0.25, -0.2) is 0 Å². The van der Waals surface area contributed by atoms with Gasteiger partial charge in [0, 0.05) is 6.42 Å². The van der Waals surface area contributed by atoms with Crippen LogP contribution in [0.3, 0.4) is 0 Å². The van der Waals surface area contributed by atoms with Gasteiger partial charge in [0.2, 0.25) is 5.91 Å². The van der Waals surface area contributed by atoms with Crippen LogP contribution in [0.25, 0.3) is 0 Å². The van der Waals surface area contributed by atoms with Crippen molar-refractivity contribution in [2.75, 3.05) is 13.2 Å². The van der Waals surface area contributed by atoms with Crippen molar-refractivity contribution >= 4 is 11.9 Å². The van der Waals surface area contributed by atoms with E-state index in [-0.39, 0.29) is 19.4 Å². The molecule has 0 radical (unpaired) electrons. The lowest BCUT2D eigenvalue weighted by molar-refractivity contribution is -0.305. The van der Waals surface area contributed by atoms with Crippen LogP contribution in [0.2, 0.25) is 0 Å². The zero-order valence-electron chi connectivity index (χ0n) is 55.8. The molecule has 0 bridgehead atoms. The highest BCUT2D eigenvalue weighted by atomic mass is 16.7. The first-order chi connectivity index (χ1) is 43.2. The minimum Gasteiger partial charge on any atom is -0.454 e. The van der Waals surface area contributed by atoms with Crippen LogP contribution in [0, 0.1) is 0 Å². The van der Waals surface area contributed by atoms with Gasteiger partial charge in [-0.05, 0) is 122 Å². The van der Waals surface area contributed by atoms with Gasteiger partial charge in [-0.3, -0.25) is 9.59 Å². The van der Waals surface area contributed by atoms with Crippen LogP contribution in [0.1, 0.15) is 278 Å². The van der Waals surface area contributed by atoms with Gasteiger partial charge in [-0.1, -0.05) is 283 Å². The van der Waals surface area contributed by atoms with Crippen molar-refractivity contribution in [3.05, 3.63) is 134 Å². The van der Waals surface area contributed by atoms with Crippen LogP contribution in [0.4, 0.5) is 0 Å².